The van der Waals surface area contributed by atoms with Crippen molar-refractivity contribution >= 4 is 23.1 Å². The van der Waals surface area contributed by atoms with Gasteiger partial charge in [0, 0.05) is 31.9 Å². The largest absolute Gasteiger partial charge is 0.495 e. The number of hydrogen-bond donors (Lipinski definition) is 1. The number of rotatable bonds is 5. The van der Waals surface area contributed by atoms with Crippen LogP contribution in [0.3, 0.4) is 0 Å². The number of ether oxygens (including phenoxy) is 1. The van der Waals surface area contributed by atoms with E-state index in [9.17, 15) is 4.39 Å². The Labute approximate surface area is 162 Å². The molecule has 1 aliphatic heterocycles. The van der Waals surface area contributed by atoms with Gasteiger partial charge in [0.05, 0.1) is 19.0 Å². The maximum Gasteiger partial charge on any atom is 0.249 e. The van der Waals surface area contributed by atoms with Crippen LogP contribution in [0.4, 0.5) is 27.5 Å². The molecule has 1 N–H and O–H groups in total. The molecule has 1 saturated heterocycles. The minimum absolute atomic E-state index is 0.318. The van der Waals surface area contributed by atoms with Gasteiger partial charge in [-0.2, -0.15) is 10.1 Å². The van der Waals surface area contributed by atoms with E-state index in [0.29, 0.717) is 11.6 Å². The van der Waals surface area contributed by atoms with E-state index in [0.717, 1.165) is 43.4 Å². The van der Waals surface area contributed by atoms with Crippen LogP contribution in [-0.2, 0) is 0 Å². The topological polar surface area (TPSA) is 66.4 Å². The lowest BCUT2D eigenvalue weighted by molar-refractivity contribution is 0.413. The third-order valence-corrected chi connectivity index (χ3v) is 4.66. The Balaban J connectivity index is 1.43. The van der Waals surface area contributed by atoms with Gasteiger partial charge in [0.25, 0.3) is 0 Å². The second-order valence-electron chi connectivity index (χ2n) is 6.42. The first-order valence-corrected chi connectivity index (χ1v) is 9.08. The first-order chi connectivity index (χ1) is 13.7. The number of aromatic nitrogens is 3. The fourth-order valence-corrected chi connectivity index (χ4v) is 3.26. The predicted octanol–water partition coefficient (Wildman–Crippen LogP) is 3.09. The molecule has 0 aliphatic carbocycles. The quantitative estimate of drug-likeness (QED) is 0.730. The molecule has 4 rings (SSSR count). The third-order valence-electron chi connectivity index (χ3n) is 4.66. The molecule has 7 nitrogen and oxygen atoms in total. The van der Waals surface area contributed by atoms with Crippen LogP contribution in [0.15, 0.2) is 54.7 Å². The number of piperazine rings is 1. The maximum atomic E-state index is 13.4. The molecule has 8 heteroatoms. The summed E-state index contributed by atoms with van der Waals surface area (Å²) in [6, 6.07) is 14.2. The molecule has 2 heterocycles. The van der Waals surface area contributed by atoms with Crippen LogP contribution < -0.4 is 19.9 Å². The van der Waals surface area contributed by atoms with E-state index in [1.54, 1.807) is 25.4 Å². The van der Waals surface area contributed by atoms with Crippen LogP contribution in [0.5, 0.6) is 5.75 Å². The number of anilines is 4. The van der Waals surface area contributed by atoms with Gasteiger partial charge in [-0.05, 0) is 30.3 Å². The standard InChI is InChI=1S/C20H21FN6O/c1-28-18-8-3-2-7-17(18)26-9-11-27(12-10-26)19-14-22-25-20(24-19)23-16-6-4-5-15(21)13-16/h2-8,13-14H,9-12H2,1H3,(H,23,24,25). The Morgan fingerprint density at radius 2 is 1.79 bits per heavy atom. The van der Waals surface area contributed by atoms with Crippen molar-refractivity contribution in [3.63, 3.8) is 0 Å². The number of para-hydroxylation sites is 2. The second kappa shape index (κ2) is 8.08. The Bertz CT molecular complexity index is 945. The molecular formula is C20H21FN6O. The molecule has 1 fully saturated rings. The Morgan fingerprint density at radius 3 is 2.57 bits per heavy atom. The molecule has 1 aliphatic rings. The van der Waals surface area contributed by atoms with E-state index in [1.165, 1.54) is 12.1 Å². The molecular weight excluding hydrogens is 359 g/mol. The summed E-state index contributed by atoms with van der Waals surface area (Å²) in [6.45, 7) is 3.29. The van der Waals surface area contributed by atoms with Gasteiger partial charge in [0.2, 0.25) is 5.95 Å². The highest BCUT2D eigenvalue weighted by atomic mass is 19.1. The molecule has 144 valence electrons. The van der Waals surface area contributed by atoms with E-state index in [1.807, 2.05) is 18.2 Å². The van der Waals surface area contributed by atoms with E-state index in [-0.39, 0.29) is 5.82 Å². The number of hydrogen-bond acceptors (Lipinski definition) is 7. The minimum atomic E-state index is -0.318. The van der Waals surface area contributed by atoms with Crippen LogP contribution in [0.25, 0.3) is 0 Å². The van der Waals surface area contributed by atoms with E-state index < -0.39 is 0 Å². The smallest absolute Gasteiger partial charge is 0.249 e. The van der Waals surface area contributed by atoms with Crippen molar-refractivity contribution in [3.8, 4) is 5.75 Å². The molecule has 0 atom stereocenters. The highest BCUT2D eigenvalue weighted by Gasteiger charge is 2.21. The molecule has 0 radical (unpaired) electrons. The van der Waals surface area contributed by atoms with Crippen LogP contribution >= 0.6 is 0 Å². The van der Waals surface area contributed by atoms with Gasteiger partial charge in [-0.3, -0.25) is 0 Å². The van der Waals surface area contributed by atoms with Crippen molar-refractivity contribution in [3.05, 3.63) is 60.5 Å². The van der Waals surface area contributed by atoms with Gasteiger partial charge in [-0.1, -0.05) is 18.2 Å². The average Bonchev–Trinajstić information content (AvgIpc) is 2.74. The molecule has 0 unspecified atom stereocenters. The highest BCUT2D eigenvalue weighted by molar-refractivity contribution is 5.60. The first kappa shape index (κ1) is 18.0. The van der Waals surface area contributed by atoms with Gasteiger partial charge in [0.15, 0.2) is 5.82 Å². The second-order valence-corrected chi connectivity index (χ2v) is 6.42. The van der Waals surface area contributed by atoms with Crippen molar-refractivity contribution in [2.75, 3.05) is 48.4 Å². The third kappa shape index (κ3) is 3.95. The van der Waals surface area contributed by atoms with E-state index in [2.05, 4.69) is 36.4 Å². The van der Waals surface area contributed by atoms with Gasteiger partial charge >= 0.3 is 0 Å². The fraction of sp³-hybridized carbons (Fsp3) is 0.250. The van der Waals surface area contributed by atoms with Gasteiger partial charge < -0.3 is 19.9 Å². The summed E-state index contributed by atoms with van der Waals surface area (Å²) in [5, 5.41) is 11.0. The molecule has 28 heavy (non-hydrogen) atoms. The summed E-state index contributed by atoms with van der Waals surface area (Å²) in [5.74, 6) is 1.65. The molecule has 0 bridgehead atoms. The van der Waals surface area contributed by atoms with Crippen molar-refractivity contribution in [1.82, 2.24) is 15.2 Å². The zero-order chi connectivity index (χ0) is 19.3. The van der Waals surface area contributed by atoms with Crippen LogP contribution in [0.1, 0.15) is 0 Å². The molecule has 0 spiro atoms. The number of halogens is 1. The van der Waals surface area contributed by atoms with Gasteiger partial charge in [-0.25, -0.2) is 4.39 Å². The van der Waals surface area contributed by atoms with E-state index in [4.69, 9.17) is 4.74 Å². The van der Waals surface area contributed by atoms with Gasteiger partial charge in [-0.15, -0.1) is 5.10 Å². The van der Waals surface area contributed by atoms with Gasteiger partial charge in [0.1, 0.15) is 11.6 Å². The van der Waals surface area contributed by atoms with Crippen LogP contribution in [0.2, 0.25) is 0 Å². The van der Waals surface area contributed by atoms with Crippen molar-refractivity contribution in [2.24, 2.45) is 0 Å². The Kier molecular flexibility index (Phi) is 5.18. The predicted molar refractivity (Wildman–Crippen MR) is 107 cm³/mol. The summed E-state index contributed by atoms with van der Waals surface area (Å²) in [4.78, 5) is 8.99. The van der Waals surface area contributed by atoms with Crippen molar-refractivity contribution < 1.29 is 9.13 Å². The monoisotopic (exact) mass is 380 g/mol. The summed E-state index contributed by atoms with van der Waals surface area (Å²) in [6.07, 6.45) is 1.65. The van der Waals surface area contributed by atoms with E-state index >= 15 is 0 Å². The number of benzene rings is 2. The number of nitrogens with zero attached hydrogens (tertiary/aromatic N) is 5. The first-order valence-electron chi connectivity index (χ1n) is 9.08. The molecule has 1 aromatic heterocycles. The Hall–Kier alpha value is -3.42. The summed E-state index contributed by atoms with van der Waals surface area (Å²) in [7, 11) is 1.69. The normalized spacial score (nSPS) is 14.1. The number of nitrogens with one attached hydrogen (secondary N) is 1. The van der Waals surface area contributed by atoms with Crippen molar-refractivity contribution in [2.45, 2.75) is 0 Å². The molecule has 2 aromatic carbocycles. The lowest BCUT2D eigenvalue weighted by atomic mass is 10.2. The molecule has 0 amide bonds. The lowest BCUT2D eigenvalue weighted by Gasteiger charge is -2.37. The minimum Gasteiger partial charge on any atom is -0.495 e. The highest BCUT2D eigenvalue weighted by Crippen LogP contribution is 2.29. The summed E-state index contributed by atoms with van der Waals surface area (Å²) < 4.78 is 18.8. The van der Waals surface area contributed by atoms with Crippen molar-refractivity contribution in [1.29, 1.82) is 0 Å². The van der Waals surface area contributed by atoms with Crippen LogP contribution in [0, 0.1) is 5.82 Å². The number of methoxy groups -OCH3 is 1. The zero-order valence-corrected chi connectivity index (χ0v) is 15.5. The average molecular weight is 380 g/mol. The van der Waals surface area contributed by atoms with Crippen LogP contribution in [-0.4, -0.2) is 48.5 Å². The summed E-state index contributed by atoms with van der Waals surface area (Å²) in [5.41, 5.74) is 1.68. The summed E-state index contributed by atoms with van der Waals surface area (Å²) >= 11 is 0. The lowest BCUT2D eigenvalue weighted by Crippen LogP contribution is -2.47. The fourth-order valence-electron chi connectivity index (χ4n) is 3.26. The molecule has 3 aromatic rings. The Morgan fingerprint density at radius 1 is 1.00 bits per heavy atom. The zero-order valence-electron chi connectivity index (χ0n) is 15.5. The SMILES string of the molecule is COc1ccccc1N1CCN(c2cnnc(Nc3cccc(F)c3)n2)CC1. The molecule has 0 saturated carbocycles. The maximum absolute atomic E-state index is 13.4.